The van der Waals surface area contributed by atoms with E-state index in [1.807, 2.05) is 13.8 Å². The molecule has 0 spiro atoms. The van der Waals surface area contributed by atoms with E-state index in [4.69, 9.17) is 4.74 Å². The number of hydrogen-bond acceptors (Lipinski definition) is 3. The summed E-state index contributed by atoms with van der Waals surface area (Å²) in [6, 6.07) is 0. The molecule has 58 valence electrons. The van der Waals surface area contributed by atoms with Crippen LogP contribution in [-0.4, -0.2) is 23.3 Å². The molecule has 2 atom stereocenters. The van der Waals surface area contributed by atoms with Gasteiger partial charge in [0.15, 0.2) is 0 Å². The number of carbonyl (C=O) groups is 1. The van der Waals surface area contributed by atoms with Gasteiger partial charge in [-0.2, -0.15) is 0 Å². The molecule has 1 aliphatic heterocycles. The van der Waals surface area contributed by atoms with Gasteiger partial charge in [0.1, 0.15) is 12.2 Å². The van der Waals surface area contributed by atoms with Crippen LogP contribution in [0.4, 0.5) is 0 Å². The van der Waals surface area contributed by atoms with Crippen LogP contribution < -0.4 is 0 Å². The second-order valence-electron chi connectivity index (χ2n) is 2.97. The van der Waals surface area contributed by atoms with Gasteiger partial charge >= 0.3 is 5.97 Å². The predicted molar refractivity (Wildman–Crippen MR) is 35.3 cm³/mol. The Hall–Kier alpha value is -0.570. The fourth-order valence-electron chi connectivity index (χ4n) is 1.15. The Labute approximate surface area is 60.0 Å². The minimum atomic E-state index is -0.590. The Balaban J connectivity index is 2.54. The van der Waals surface area contributed by atoms with Gasteiger partial charge in [-0.1, -0.05) is 13.8 Å². The van der Waals surface area contributed by atoms with E-state index in [1.165, 1.54) is 0 Å². The predicted octanol–water partition coefficient (Wildman–Crippen LogP) is 0.319. The molecule has 10 heavy (non-hydrogen) atoms. The number of aliphatic hydroxyl groups excluding tert-OH is 1. The highest BCUT2D eigenvalue weighted by molar-refractivity contribution is 5.72. The number of aliphatic hydroxyl groups is 1. The van der Waals surface area contributed by atoms with E-state index in [1.54, 1.807) is 0 Å². The summed E-state index contributed by atoms with van der Waals surface area (Å²) in [6.07, 6.45) is -0.719. The van der Waals surface area contributed by atoms with Crippen LogP contribution in [0.1, 0.15) is 20.3 Å². The summed E-state index contributed by atoms with van der Waals surface area (Å²) >= 11 is 0. The monoisotopic (exact) mass is 144 g/mol. The first-order valence-corrected chi connectivity index (χ1v) is 3.49. The lowest BCUT2D eigenvalue weighted by atomic mass is 10.0. The standard InChI is InChI=1S/C7H12O3/c1-4(2)7-5(8)3-6(9)10-7/h4-5,7-8H,3H2,1-2H3/t5-,7+/m1/s1. The van der Waals surface area contributed by atoms with E-state index >= 15 is 0 Å². The SMILES string of the molecule is CC(C)[C@@H]1OC(=O)C[C@H]1O. The molecule has 0 bridgehead atoms. The number of carbonyl (C=O) groups excluding carboxylic acids is 1. The summed E-state index contributed by atoms with van der Waals surface area (Å²) in [5, 5.41) is 9.18. The van der Waals surface area contributed by atoms with E-state index in [0.717, 1.165) is 0 Å². The Morgan fingerprint density at radius 3 is 2.50 bits per heavy atom. The number of ether oxygens (including phenoxy) is 1. The molecule has 3 nitrogen and oxygen atoms in total. The Morgan fingerprint density at radius 2 is 2.30 bits per heavy atom. The number of esters is 1. The third-order valence-corrected chi connectivity index (χ3v) is 1.68. The van der Waals surface area contributed by atoms with E-state index in [2.05, 4.69) is 0 Å². The average Bonchev–Trinajstić information content (AvgIpc) is 2.10. The molecule has 0 aromatic heterocycles. The summed E-state index contributed by atoms with van der Waals surface area (Å²) in [6.45, 7) is 3.85. The van der Waals surface area contributed by atoms with Crippen LogP contribution >= 0.6 is 0 Å². The maximum atomic E-state index is 10.6. The second-order valence-corrected chi connectivity index (χ2v) is 2.97. The fourth-order valence-corrected chi connectivity index (χ4v) is 1.15. The molecule has 0 aliphatic carbocycles. The molecule has 0 aromatic rings. The van der Waals surface area contributed by atoms with E-state index in [9.17, 15) is 9.90 Å². The van der Waals surface area contributed by atoms with E-state index < -0.39 is 6.10 Å². The third kappa shape index (κ3) is 1.29. The first-order valence-electron chi connectivity index (χ1n) is 3.49. The first-order chi connectivity index (χ1) is 4.61. The minimum absolute atomic E-state index is 0.156. The van der Waals surface area contributed by atoms with Crippen molar-refractivity contribution in [2.24, 2.45) is 5.92 Å². The van der Waals surface area contributed by atoms with Crippen molar-refractivity contribution in [3.8, 4) is 0 Å². The van der Waals surface area contributed by atoms with Gasteiger partial charge in [0.25, 0.3) is 0 Å². The number of hydrogen-bond donors (Lipinski definition) is 1. The molecule has 0 amide bonds. The smallest absolute Gasteiger partial charge is 0.308 e. The average molecular weight is 144 g/mol. The van der Waals surface area contributed by atoms with Crippen LogP contribution in [0.15, 0.2) is 0 Å². The highest BCUT2D eigenvalue weighted by atomic mass is 16.6. The molecule has 1 saturated heterocycles. The van der Waals surface area contributed by atoms with Gasteiger partial charge in [-0.25, -0.2) is 0 Å². The summed E-state index contributed by atoms with van der Waals surface area (Å²) in [5.41, 5.74) is 0. The summed E-state index contributed by atoms with van der Waals surface area (Å²) in [4.78, 5) is 10.6. The van der Waals surface area contributed by atoms with Crippen molar-refractivity contribution in [1.29, 1.82) is 0 Å². The number of rotatable bonds is 1. The fraction of sp³-hybridized carbons (Fsp3) is 0.857. The molecule has 0 aromatic carbocycles. The third-order valence-electron chi connectivity index (χ3n) is 1.68. The zero-order valence-electron chi connectivity index (χ0n) is 6.20. The molecular formula is C7H12O3. The molecule has 1 N–H and O–H groups in total. The van der Waals surface area contributed by atoms with E-state index in [0.29, 0.717) is 0 Å². The molecule has 1 fully saturated rings. The largest absolute Gasteiger partial charge is 0.459 e. The molecule has 0 radical (unpaired) electrons. The summed E-state index contributed by atoms with van der Waals surface area (Å²) < 4.78 is 4.85. The topological polar surface area (TPSA) is 46.5 Å². The molecule has 1 aliphatic rings. The van der Waals surface area contributed by atoms with Crippen LogP contribution in [-0.2, 0) is 9.53 Å². The van der Waals surface area contributed by atoms with Crippen LogP contribution in [0, 0.1) is 5.92 Å². The van der Waals surface area contributed by atoms with Crippen molar-refractivity contribution in [2.75, 3.05) is 0 Å². The normalized spacial score (nSPS) is 33.0. The zero-order valence-corrected chi connectivity index (χ0v) is 6.20. The lowest BCUT2D eigenvalue weighted by Gasteiger charge is -2.15. The van der Waals surface area contributed by atoms with Gasteiger partial charge in [-0.3, -0.25) is 4.79 Å². The van der Waals surface area contributed by atoms with Crippen molar-refractivity contribution in [3.63, 3.8) is 0 Å². The lowest BCUT2D eigenvalue weighted by Crippen LogP contribution is -2.26. The van der Waals surface area contributed by atoms with Crippen molar-refractivity contribution in [1.82, 2.24) is 0 Å². The maximum Gasteiger partial charge on any atom is 0.308 e. The molecule has 0 unspecified atom stereocenters. The molecule has 1 rings (SSSR count). The summed E-state index contributed by atoms with van der Waals surface area (Å²) in [7, 11) is 0. The van der Waals surface area contributed by atoms with Gasteiger partial charge in [0.05, 0.1) is 6.42 Å². The Morgan fingerprint density at radius 1 is 1.70 bits per heavy atom. The summed E-state index contributed by atoms with van der Waals surface area (Å²) in [5.74, 6) is -0.0762. The van der Waals surface area contributed by atoms with Crippen molar-refractivity contribution in [3.05, 3.63) is 0 Å². The highest BCUT2D eigenvalue weighted by Gasteiger charge is 2.34. The minimum Gasteiger partial charge on any atom is -0.459 e. The lowest BCUT2D eigenvalue weighted by molar-refractivity contribution is -0.143. The highest BCUT2D eigenvalue weighted by Crippen LogP contribution is 2.21. The van der Waals surface area contributed by atoms with Gasteiger partial charge in [0.2, 0.25) is 0 Å². The van der Waals surface area contributed by atoms with Gasteiger partial charge in [-0.15, -0.1) is 0 Å². The van der Waals surface area contributed by atoms with Gasteiger partial charge in [0, 0.05) is 0 Å². The van der Waals surface area contributed by atoms with Gasteiger partial charge < -0.3 is 9.84 Å². The van der Waals surface area contributed by atoms with Crippen LogP contribution in [0.3, 0.4) is 0 Å². The van der Waals surface area contributed by atoms with E-state index in [-0.39, 0.29) is 24.4 Å². The van der Waals surface area contributed by atoms with Gasteiger partial charge in [-0.05, 0) is 5.92 Å². The Bertz CT molecular complexity index is 142. The Kier molecular flexibility index (Phi) is 1.94. The van der Waals surface area contributed by atoms with Crippen molar-refractivity contribution < 1.29 is 14.6 Å². The van der Waals surface area contributed by atoms with Crippen LogP contribution in [0.5, 0.6) is 0 Å². The molecule has 0 saturated carbocycles. The quantitative estimate of drug-likeness (QED) is 0.539. The van der Waals surface area contributed by atoms with Crippen LogP contribution in [0.2, 0.25) is 0 Å². The molecule has 1 heterocycles. The van der Waals surface area contributed by atoms with Crippen molar-refractivity contribution >= 4 is 5.97 Å². The first kappa shape index (κ1) is 7.54. The maximum absolute atomic E-state index is 10.6. The van der Waals surface area contributed by atoms with Crippen molar-refractivity contribution in [2.45, 2.75) is 32.5 Å². The second kappa shape index (κ2) is 2.58. The zero-order chi connectivity index (χ0) is 7.72. The molecular weight excluding hydrogens is 132 g/mol. The molecule has 3 heteroatoms. The number of cyclic esters (lactones) is 1. The van der Waals surface area contributed by atoms with Crippen LogP contribution in [0.25, 0.3) is 0 Å².